The second kappa shape index (κ2) is 11.0. The highest BCUT2D eigenvalue weighted by Crippen LogP contribution is 2.53. The quantitative estimate of drug-likeness (QED) is 0.417. The summed E-state index contributed by atoms with van der Waals surface area (Å²) in [6.45, 7) is 0. The minimum absolute atomic E-state index is 0.117. The number of fused-ring (bicyclic) bond motifs is 1. The number of carbonyl (C=O) groups excluding carboxylic acids is 2. The van der Waals surface area contributed by atoms with Gasteiger partial charge in [0.25, 0.3) is 0 Å². The van der Waals surface area contributed by atoms with Gasteiger partial charge < -0.3 is 43.0 Å². The van der Waals surface area contributed by atoms with Crippen LogP contribution < -0.4 is 28.4 Å². The standard InChI is InChI=1S/C26H28O11/c1-30-14-9-12(10-15(31-2)22(14)33-4)17-18-13(11-16(32-3)23(34-5)24(18)35-6)21(27)20(26(29)37-8)19(17)25(28)36-7/h9-11,27H,1-8H3. The number of esters is 2. The Morgan fingerprint density at radius 1 is 0.595 bits per heavy atom. The Morgan fingerprint density at radius 2 is 1.05 bits per heavy atom. The van der Waals surface area contributed by atoms with Crippen LogP contribution in [0.15, 0.2) is 18.2 Å². The van der Waals surface area contributed by atoms with Crippen LogP contribution in [-0.4, -0.2) is 73.9 Å². The van der Waals surface area contributed by atoms with E-state index >= 15 is 0 Å². The lowest BCUT2D eigenvalue weighted by atomic mass is 9.87. The topological polar surface area (TPSA) is 128 Å². The first-order chi connectivity index (χ1) is 17.8. The van der Waals surface area contributed by atoms with E-state index in [0.29, 0.717) is 11.3 Å². The van der Waals surface area contributed by atoms with Gasteiger partial charge in [-0.05, 0) is 23.8 Å². The van der Waals surface area contributed by atoms with Gasteiger partial charge in [-0.2, -0.15) is 0 Å². The molecule has 0 heterocycles. The van der Waals surface area contributed by atoms with Crippen molar-refractivity contribution in [2.75, 3.05) is 56.9 Å². The van der Waals surface area contributed by atoms with Gasteiger partial charge in [0.2, 0.25) is 11.5 Å². The maximum atomic E-state index is 13.2. The molecule has 0 aliphatic heterocycles. The highest BCUT2D eigenvalue weighted by Gasteiger charge is 2.34. The first kappa shape index (κ1) is 27.1. The fraction of sp³-hybridized carbons (Fsp3) is 0.308. The molecule has 3 aromatic rings. The Kier molecular flexibility index (Phi) is 8.06. The van der Waals surface area contributed by atoms with Gasteiger partial charge in [-0.1, -0.05) is 0 Å². The van der Waals surface area contributed by atoms with Crippen molar-refractivity contribution < 1.29 is 52.6 Å². The van der Waals surface area contributed by atoms with E-state index in [1.165, 1.54) is 48.7 Å². The summed E-state index contributed by atoms with van der Waals surface area (Å²) in [7, 11) is 10.8. The van der Waals surface area contributed by atoms with E-state index < -0.39 is 23.3 Å². The summed E-state index contributed by atoms with van der Waals surface area (Å²) >= 11 is 0. The molecule has 198 valence electrons. The second-order valence-electron chi connectivity index (χ2n) is 7.44. The van der Waals surface area contributed by atoms with Gasteiger partial charge >= 0.3 is 11.9 Å². The number of hydrogen-bond acceptors (Lipinski definition) is 11. The lowest BCUT2D eigenvalue weighted by Crippen LogP contribution is -2.15. The Morgan fingerprint density at radius 3 is 1.49 bits per heavy atom. The van der Waals surface area contributed by atoms with Crippen molar-refractivity contribution in [3.05, 3.63) is 29.3 Å². The fourth-order valence-corrected chi connectivity index (χ4v) is 4.22. The minimum Gasteiger partial charge on any atom is -0.506 e. The smallest absolute Gasteiger partial charge is 0.342 e. The van der Waals surface area contributed by atoms with Gasteiger partial charge in [0.15, 0.2) is 23.0 Å². The molecule has 3 aromatic carbocycles. The third-order valence-electron chi connectivity index (χ3n) is 5.80. The Bertz CT molecular complexity index is 1340. The largest absolute Gasteiger partial charge is 0.506 e. The molecule has 0 unspecified atom stereocenters. The molecule has 0 bridgehead atoms. The van der Waals surface area contributed by atoms with Crippen molar-refractivity contribution in [3.63, 3.8) is 0 Å². The molecule has 0 fully saturated rings. The molecule has 0 spiro atoms. The van der Waals surface area contributed by atoms with E-state index in [0.717, 1.165) is 14.2 Å². The summed E-state index contributed by atoms with van der Waals surface area (Å²) < 4.78 is 43.0. The summed E-state index contributed by atoms with van der Waals surface area (Å²) in [5.74, 6) is -1.07. The molecule has 0 saturated heterocycles. The van der Waals surface area contributed by atoms with Crippen LogP contribution in [0, 0.1) is 0 Å². The van der Waals surface area contributed by atoms with E-state index in [1.807, 2.05) is 0 Å². The molecule has 11 heteroatoms. The molecule has 0 atom stereocenters. The zero-order chi connectivity index (χ0) is 27.4. The molecule has 0 saturated carbocycles. The van der Waals surface area contributed by atoms with Crippen molar-refractivity contribution >= 4 is 22.7 Å². The molecular formula is C26H28O11. The number of benzene rings is 3. The van der Waals surface area contributed by atoms with E-state index in [4.69, 9.17) is 37.9 Å². The van der Waals surface area contributed by atoms with Gasteiger partial charge in [-0.15, -0.1) is 0 Å². The maximum absolute atomic E-state index is 13.2. The van der Waals surface area contributed by atoms with Crippen LogP contribution >= 0.6 is 0 Å². The maximum Gasteiger partial charge on any atom is 0.342 e. The Balaban J connectivity index is 2.77. The van der Waals surface area contributed by atoms with Crippen molar-refractivity contribution in [2.24, 2.45) is 0 Å². The van der Waals surface area contributed by atoms with Crippen LogP contribution in [0.2, 0.25) is 0 Å². The highest BCUT2D eigenvalue weighted by molar-refractivity contribution is 6.20. The predicted octanol–water partition coefficient (Wildman–Crippen LogP) is 3.84. The summed E-state index contributed by atoms with van der Waals surface area (Å²) in [6, 6.07) is 4.62. The summed E-state index contributed by atoms with van der Waals surface area (Å²) in [6.07, 6.45) is 0. The van der Waals surface area contributed by atoms with E-state index in [-0.39, 0.29) is 50.6 Å². The number of aromatic hydroxyl groups is 1. The average molecular weight is 516 g/mol. The zero-order valence-electron chi connectivity index (χ0n) is 21.8. The number of ether oxygens (including phenoxy) is 8. The molecule has 0 aromatic heterocycles. The van der Waals surface area contributed by atoms with Crippen LogP contribution in [0.5, 0.6) is 40.2 Å². The van der Waals surface area contributed by atoms with E-state index in [9.17, 15) is 14.7 Å². The van der Waals surface area contributed by atoms with Crippen LogP contribution in [0.1, 0.15) is 20.7 Å². The molecule has 37 heavy (non-hydrogen) atoms. The van der Waals surface area contributed by atoms with Gasteiger partial charge in [0.1, 0.15) is 11.3 Å². The Labute approximate surface area is 213 Å². The van der Waals surface area contributed by atoms with Crippen molar-refractivity contribution in [2.45, 2.75) is 0 Å². The molecule has 3 rings (SSSR count). The lowest BCUT2D eigenvalue weighted by molar-refractivity contribution is 0.0553. The summed E-state index contributed by atoms with van der Waals surface area (Å²) in [5.41, 5.74) is -0.202. The molecule has 0 amide bonds. The third kappa shape index (κ3) is 4.32. The average Bonchev–Trinajstić information content (AvgIpc) is 2.93. The van der Waals surface area contributed by atoms with Crippen LogP contribution in [-0.2, 0) is 9.47 Å². The Hall–Kier alpha value is -4.54. The molecule has 0 aliphatic carbocycles. The van der Waals surface area contributed by atoms with Crippen LogP contribution in [0.4, 0.5) is 0 Å². The number of phenols is 1. The number of carbonyl (C=O) groups is 2. The minimum atomic E-state index is -0.970. The first-order valence-corrected chi connectivity index (χ1v) is 10.8. The van der Waals surface area contributed by atoms with E-state index in [2.05, 4.69) is 0 Å². The molecule has 0 aliphatic rings. The first-order valence-electron chi connectivity index (χ1n) is 10.8. The number of hydrogen-bond donors (Lipinski definition) is 1. The fourth-order valence-electron chi connectivity index (χ4n) is 4.22. The van der Waals surface area contributed by atoms with Gasteiger partial charge in [-0.25, -0.2) is 9.59 Å². The van der Waals surface area contributed by atoms with Crippen molar-refractivity contribution in [3.8, 4) is 51.4 Å². The van der Waals surface area contributed by atoms with Gasteiger partial charge in [0.05, 0.1) is 62.4 Å². The summed E-state index contributed by atoms with van der Waals surface area (Å²) in [5, 5.41) is 11.6. The van der Waals surface area contributed by atoms with Crippen LogP contribution in [0.25, 0.3) is 21.9 Å². The highest BCUT2D eigenvalue weighted by atomic mass is 16.5. The van der Waals surface area contributed by atoms with Crippen molar-refractivity contribution in [1.29, 1.82) is 0 Å². The monoisotopic (exact) mass is 516 g/mol. The molecular weight excluding hydrogens is 488 g/mol. The van der Waals surface area contributed by atoms with Gasteiger partial charge in [-0.3, -0.25) is 0 Å². The van der Waals surface area contributed by atoms with Gasteiger partial charge in [0, 0.05) is 16.3 Å². The number of rotatable bonds is 9. The zero-order valence-corrected chi connectivity index (χ0v) is 21.8. The van der Waals surface area contributed by atoms with E-state index in [1.54, 1.807) is 12.1 Å². The normalized spacial score (nSPS) is 10.5. The molecule has 11 nitrogen and oxygen atoms in total. The second-order valence-corrected chi connectivity index (χ2v) is 7.44. The molecule has 0 radical (unpaired) electrons. The van der Waals surface area contributed by atoms with Crippen molar-refractivity contribution in [1.82, 2.24) is 0 Å². The lowest BCUT2D eigenvalue weighted by Gasteiger charge is -2.23. The number of phenolic OH excluding ortho intramolecular Hbond substituents is 1. The molecule has 1 N–H and O–H groups in total. The number of methoxy groups -OCH3 is 8. The summed E-state index contributed by atoms with van der Waals surface area (Å²) in [4.78, 5) is 26.2. The van der Waals surface area contributed by atoms with Crippen LogP contribution in [0.3, 0.4) is 0 Å². The third-order valence-corrected chi connectivity index (χ3v) is 5.80. The predicted molar refractivity (Wildman–Crippen MR) is 133 cm³/mol. The SMILES string of the molecule is COC(=O)c1c(C(=O)OC)c(-c2cc(OC)c(OC)c(OC)c2)c2c(OC)c(OC)c(OC)cc2c1O.